The molecule has 10 nitrogen and oxygen atoms in total. The van der Waals surface area contributed by atoms with Gasteiger partial charge in [-0.05, 0) is 66.0 Å². The third kappa shape index (κ3) is 5.94. The van der Waals surface area contributed by atoms with E-state index in [1.165, 1.54) is 0 Å². The van der Waals surface area contributed by atoms with E-state index in [9.17, 15) is 4.79 Å². The predicted molar refractivity (Wildman–Crippen MR) is 146 cm³/mol. The molecule has 3 aliphatic rings. The van der Waals surface area contributed by atoms with Crippen molar-refractivity contribution >= 4 is 34.4 Å². The Labute approximate surface area is 233 Å². The summed E-state index contributed by atoms with van der Waals surface area (Å²) in [4.78, 5) is 30.3. The number of pyridine rings is 1. The van der Waals surface area contributed by atoms with Crippen molar-refractivity contribution in [3.8, 4) is 11.9 Å². The van der Waals surface area contributed by atoms with Crippen LogP contribution in [0.2, 0.25) is 5.15 Å². The smallest absolute Gasteiger partial charge is 0.410 e. The predicted octanol–water partition coefficient (Wildman–Crippen LogP) is 5.03. The van der Waals surface area contributed by atoms with Crippen molar-refractivity contribution in [3.63, 3.8) is 0 Å². The number of amides is 1. The number of ether oxygens (including phenoxy) is 3. The van der Waals surface area contributed by atoms with E-state index in [1.807, 2.05) is 27.7 Å². The van der Waals surface area contributed by atoms with Gasteiger partial charge in [-0.25, -0.2) is 9.18 Å². The molecular weight excluding hydrogens is 527 g/mol. The number of hydrogen-bond acceptors (Lipinski definition) is 9. The van der Waals surface area contributed by atoms with Crippen molar-refractivity contribution in [1.82, 2.24) is 24.8 Å². The first-order chi connectivity index (χ1) is 18.6. The van der Waals surface area contributed by atoms with Gasteiger partial charge in [-0.3, -0.25) is 4.90 Å². The number of anilines is 1. The topological polar surface area (TPSA) is 102 Å². The highest BCUT2D eigenvalue weighted by molar-refractivity contribution is 6.30. The van der Waals surface area contributed by atoms with E-state index in [-0.39, 0.29) is 46.8 Å². The Morgan fingerprint density at radius 2 is 2.00 bits per heavy atom. The minimum Gasteiger partial charge on any atom is -0.477 e. The highest BCUT2D eigenvalue weighted by Crippen LogP contribution is 2.40. The summed E-state index contributed by atoms with van der Waals surface area (Å²) in [5.41, 5.74) is -0.639. The van der Waals surface area contributed by atoms with Crippen LogP contribution in [0.15, 0.2) is 0 Å². The summed E-state index contributed by atoms with van der Waals surface area (Å²) in [5, 5.41) is 3.39. The van der Waals surface area contributed by atoms with Gasteiger partial charge in [-0.2, -0.15) is 15.0 Å². The zero-order valence-corrected chi connectivity index (χ0v) is 23.9. The van der Waals surface area contributed by atoms with Crippen molar-refractivity contribution in [2.24, 2.45) is 0 Å². The monoisotopic (exact) mass is 564 g/mol. The zero-order chi connectivity index (χ0) is 27.8. The average Bonchev–Trinajstić information content (AvgIpc) is 3.43. The Morgan fingerprint density at radius 1 is 1.26 bits per heavy atom. The van der Waals surface area contributed by atoms with E-state index in [0.29, 0.717) is 37.3 Å². The van der Waals surface area contributed by atoms with Gasteiger partial charge in [0.2, 0.25) is 5.88 Å². The van der Waals surface area contributed by atoms with Gasteiger partial charge in [0, 0.05) is 25.6 Å². The van der Waals surface area contributed by atoms with Gasteiger partial charge in [0.05, 0.1) is 12.1 Å². The van der Waals surface area contributed by atoms with Crippen LogP contribution in [-0.2, 0) is 4.74 Å². The Morgan fingerprint density at radius 3 is 2.69 bits per heavy atom. The summed E-state index contributed by atoms with van der Waals surface area (Å²) < 4.78 is 33.0. The summed E-state index contributed by atoms with van der Waals surface area (Å²) in [6.07, 6.45) is 5.33. The fourth-order valence-corrected chi connectivity index (χ4v) is 6.01. The molecule has 0 aromatic carbocycles. The van der Waals surface area contributed by atoms with E-state index in [1.54, 1.807) is 4.90 Å². The molecule has 1 amide bonds. The maximum absolute atomic E-state index is 15.3. The summed E-state index contributed by atoms with van der Waals surface area (Å²) in [6.45, 7) is 11.3. The standard InChI is InChI=1S/C27H38ClFN6O4/c1-5-11-34(25(36)39-26(2,3)4)15-17-8-14-37-23-18-20(19(29)21(28)32-23)31-24(33-22(18)30-17)38-16-27-9-6-12-35(27)13-7-10-27/h17H,5-16H2,1-4H3,(H,30,31,33). The van der Waals surface area contributed by atoms with Crippen LogP contribution in [0.25, 0.3) is 10.9 Å². The Balaban J connectivity index is 1.44. The second-order valence-corrected chi connectivity index (χ2v) is 12.1. The number of carbonyl (C=O) groups is 1. The average molecular weight is 565 g/mol. The molecule has 0 aliphatic carbocycles. The van der Waals surface area contributed by atoms with Crippen molar-refractivity contribution in [2.75, 3.05) is 44.7 Å². The summed E-state index contributed by atoms with van der Waals surface area (Å²) in [6, 6.07) is -0.178. The first-order valence-corrected chi connectivity index (χ1v) is 14.3. The number of nitrogens with zero attached hydrogens (tertiary/aromatic N) is 5. The molecule has 0 radical (unpaired) electrons. The van der Waals surface area contributed by atoms with E-state index in [4.69, 9.17) is 25.8 Å². The van der Waals surface area contributed by atoms with Gasteiger partial charge in [0.25, 0.3) is 0 Å². The molecule has 1 unspecified atom stereocenters. The van der Waals surface area contributed by atoms with Crippen LogP contribution in [0.5, 0.6) is 11.9 Å². The summed E-state index contributed by atoms with van der Waals surface area (Å²) in [7, 11) is 0. The SMILES string of the molecule is CCCN(CC1CCOc2nc(Cl)c(F)c3nc(OCC45CCCN4CCC5)nc(c23)N1)C(=O)OC(C)(C)C. The highest BCUT2D eigenvalue weighted by atomic mass is 35.5. The van der Waals surface area contributed by atoms with E-state index < -0.39 is 11.4 Å². The maximum Gasteiger partial charge on any atom is 0.410 e. The highest BCUT2D eigenvalue weighted by Gasteiger charge is 2.45. The van der Waals surface area contributed by atoms with Crippen LogP contribution >= 0.6 is 11.6 Å². The molecule has 0 spiro atoms. The van der Waals surface area contributed by atoms with E-state index in [2.05, 4.69) is 25.2 Å². The molecule has 2 aromatic rings. The molecule has 2 saturated heterocycles. The number of halogens is 2. The third-order valence-electron chi connectivity index (χ3n) is 7.60. The molecule has 0 bridgehead atoms. The van der Waals surface area contributed by atoms with Gasteiger partial charge in [-0.15, -0.1) is 0 Å². The van der Waals surface area contributed by atoms with Crippen LogP contribution in [0.3, 0.4) is 0 Å². The second-order valence-electron chi connectivity index (χ2n) is 11.7. The van der Waals surface area contributed by atoms with Crippen molar-refractivity contribution in [1.29, 1.82) is 0 Å². The van der Waals surface area contributed by atoms with Crippen molar-refractivity contribution < 1.29 is 23.4 Å². The molecular formula is C27H38ClFN6O4. The van der Waals surface area contributed by atoms with Crippen LogP contribution in [-0.4, -0.2) is 87.4 Å². The van der Waals surface area contributed by atoms with Crippen molar-refractivity contribution in [2.45, 2.75) is 83.4 Å². The Kier molecular flexibility index (Phi) is 7.92. The molecule has 12 heteroatoms. The fourth-order valence-electron chi connectivity index (χ4n) is 5.85. The van der Waals surface area contributed by atoms with Gasteiger partial charge < -0.3 is 24.4 Å². The first-order valence-electron chi connectivity index (χ1n) is 13.9. The molecule has 39 heavy (non-hydrogen) atoms. The summed E-state index contributed by atoms with van der Waals surface area (Å²) in [5.74, 6) is -0.252. The fraction of sp³-hybridized carbons (Fsp3) is 0.704. The number of hydrogen-bond donors (Lipinski definition) is 1. The Bertz CT molecular complexity index is 1220. The lowest BCUT2D eigenvalue weighted by Gasteiger charge is -2.32. The lowest BCUT2D eigenvalue weighted by atomic mass is 9.95. The molecule has 5 rings (SSSR count). The van der Waals surface area contributed by atoms with E-state index in [0.717, 1.165) is 45.2 Å². The lowest BCUT2D eigenvalue weighted by molar-refractivity contribution is 0.0238. The van der Waals surface area contributed by atoms with Gasteiger partial charge in [0.15, 0.2) is 11.0 Å². The second kappa shape index (κ2) is 11.1. The van der Waals surface area contributed by atoms with Gasteiger partial charge in [0.1, 0.15) is 28.9 Å². The zero-order valence-electron chi connectivity index (χ0n) is 23.2. The van der Waals surface area contributed by atoms with Crippen LogP contribution in [0.1, 0.15) is 66.2 Å². The maximum atomic E-state index is 15.3. The van der Waals surface area contributed by atoms with Crippen LogP contribution in [0.4, 0.5) is 15.0 Å². The van der Waals surface area contributed by atoms with Crippen LogP contribution < -0.4 is 14.8 Å². The normalized spacial score (nSPS) is 20.5. The largest absolute Gasteiger partial charge is 0.477 e. The number of aromatic nitrogens is 3. The minimum atomic E-state index is -0.755. The Hall–Kier alpha value is -2.66. The number of carbonyl (C=O) groups excluding carboxylic acids is 1. The van der Waals surface area contributed by atoms with Crippen molar-refractivity contribution in [3.05, 3.63) is 11.0 Å². The van der Waals surface area contributed by atoms with Gasteiger partial charge in [-0.1, -0.05) is 18.5 Å². The minimum absolute atomic E-state index is 0.0112. The third-order valence-corrected chi connectivity index (χ3v) is 7.85. The van der Waals surface area contributed by atoms with Crippen LogP contribution in [0, 0.1) is 5.82 Å². The lowest BCUT2D eigenvalue weighted by Crippen LogP contribution is -2.44. The number of rotatable bonds is 7. The first kappa shape index (κ1) is 27.9. The van der Waals surface area contributed by atoms with Gasteiger partial charge >= 0.3 is 12.1 Å². The number of nitrogens with one attached hydrogen (secondary N) is 1. The molecule has 3 aliphatic heterocycles. The molecule has 2 fully saturated rings. The summed E-state index contributed by atoms with van der Waals surface area (Å²) >= 11 is 6.11. The molecule has 5 heterocycles. The molecule has 2 aromatic heterocycles. The molecule has 1 atom stereocenters. The molecule has 0 saturated carbocycles. The molecule has 214 valence electrons. The quantitative estimate of drug-likeness (QED) is 0.464. The van der Waals surface area contributed by atoms with E-state index >= 15 is 4.39 Å². The number of fused-ring (bicyclic) bond motifs is 1. The molecule has 1 N–H and O–H groups in total.